The van der Waals surface area contributed by atoms with E-state index in [1.54, 1.807) is 11.3 Å². The molecule has 0 unspecified atom stereocenters. The molecule has 1 saturated carbocycles. The van der Waals surface area contributed by atoms with Crippen LogP contribution in [0.1, 0.15) is 28.8 Å². The van der Waals surface area contributed by atoms with E-state index in [2.05, 4.69) is 24.4 Å². The van der Waals surface area contributed by atoms with Gasteiger partial charge in [0, 0.05) is 10.9 Å². The van der Waals surface area contributed by atoms with Gasteiger partial charge in [0.05, 0.1) is 5.57 Å². The first-order valence-electron chi connectivity index (χ1n) is 6.85. The van der Waals surface area contributed by atoms with Crippen molar-refractivity contribution in [3.8, 4) is 0 Å². The van der Waals surface area contributed by atoms with Crippen LogP contribution in [0.25, 0.3) is 11.6 Å². The molecule has 1 N–H and O–H groups in total. The van der Waals surface area contributed by atoms with Gasteiger partial charge in [-0.1, -0.05) is 35.9 Å². The van der Waals surface area contributed by atoms with E-state index in [0.717, 1.165) is 28.9 Å². The van der Waals surface area contributed by atoms with Crippen LogP contribution in [0.15, 0.2) is 41.8 Å². The van der Waals surface area contributed by atoms with Crippen molar-refractivity contribution >= 4 is 28.9 Å². The highest BCUT2D eigenvalue weighted by atomic mass is 32.1. The maximum absolute atomic E-state index is 12.4. The standard InChI is InChI=1S/C17H17NOS/c1-12-4-2-5-13(10-12)11-15(16-6-3-9-20-16)17(19)18-14-7-8-14/h2-6,9-11,14H,7-8H2,1H3,(H,18,19). The summed E-state index contributed by atoms with van der Waals surface area (Å²) in [6.45, 7) is 2.06. The zero-order chi connectivity index (χ0) is 13.9. The Morgan fingerprint density at radius 1 is 1.30 bits per heavy atom. The monoisotopic (exact) mass is 283 g/mol. The summed E-state index contributed by atoms with van der Waals surface area (Å²) in [5, 5.41) is 5.08. The molecule has 3 rings (SSSR count). The number of nitrogens with one attached hydrogen (secondary N) is 1. The Morgan fingerprint density at radius 2 is 2.15 bits per heavy atom. The first-order valence-corrected chi connectivity index (χ1v) is 7.73. The van der Waals surface area contributed by atoms with Crippen LogP contribution >= 0.6 is 11.3 Å². The zero-order valence-corrected chi connectivity index (χ0v) is 12.2. The molecule has 3 heteroatoms. The van der Waals surface area contributed by atoms with E-state index in [1.165, 1.54) is 5.56 Å². The Morgan fingerprint density at radius 3 is 2.80 bits per heavy atom. The van der Waals surface area contributed by atoms with Crippen LogP contribution in [0.4, 0.5) is 0 Å². The van der Waals surface area contributed by atoms with Crippen molar-refractivity contribution in [3.63, 3.8) is 0 Å². The molecule has 2 nitrogen and oxygen atoms in total. The van der Waals surface area contributed by atoms with Gasteiger partial charge in [0.25, 0.3) is 5.91 Å². The predicted molar refractivity (Wildman–Crippen MR) is 84.5 cm³/mol. The summed E-state index contributed by atoms with van der Waals surface area (Å²) < 4.78 is 0. The van der Waals surface area contributed by atoms with Crippen LogP contribution in [0.2, 0.25) is 0 Å². The minimum Gasteiger partial charge on any atom is -0.349 e. The molecule has 1 aliphatic carbocycles. The highest BCUT2D eigenvalue weighted by Crippen LogP contribution is 2.26. The summed E-state index contributed by atoms with van der Waals surface area (Å²) in [4.78, 5) is 13.4. The Labute approximate surface area is 123 Å². The van der Waals surface area contributed by atoms with Crippen molar-refractivity contribution < 1.29 is 4.79 Å². The van der Waals surface area contributed by atoms with Crippen LogP contribution < -0.4 is 5.32 Å². The number of amides is 1. The van der Waals surface area contributed by atoms with Gasteiger partial charge in [-0.05, 0) is 42.9 Å². The molecule has 1 fully saturated rings. The second-order valence-electron chi connectivity index (χ2n) is 5.20. The largest absolute Gasteiger partial charge is 0.349 e. The van der Waals surface area contributed by atoms with Gasteiger partial charge in [0.1, 0.15) is 0 Å². The third-order valence-corrected chi connectivity index (χ3v) is 4.20. The van der Waals surface area contributed by atoms with E-state index in [1.807, 2.05) is 35.7 Å². The summed E-state index contributed by atoms with van der Waals surface area (Å²) in [7, 11) is 0. The summed E-state index contributed by atoms with van der Waals surface area (Å²) in [6.07, 6.45) is 4.19. The van der Waals surface area contributed by atoms with Crippen LogP contribution in [0, 0.1) is 6.92 Å². The molecule has 1 amide bonds. The van der Waals surface area contributed by atoms with Crippen molar-refractivity contribution in [2.45, 2.75) is 25.8 Å². The fraction of sp³-hybridized carbons (Fsp3) is 0.235. The molecule has 0 bridgehead atoms. The number of rotatable bonds is 4. The van der Waals surface area contributed by atoms with E-state index >= 15 is 0 Å². The van der Waals surface area contributed by atoms with Crippen molar-refractivity contribution in [3.05, 3.63) is 57.8 Å². The minimum absolute atomic E-state index is 0.0384. The normalized spacial score (nSPS) is 15.2. The molecule has 1 heterocycles. The van der Waals surface area contributed by atoms with Gasteiger partial charge in [0.2, 0.25) is 0 Å². The zero-order valence-electron chi connectivity index (χ0n) is 11.4. The molecule has 20 heavy (non-hydrogen) atoms. The smallest absolute Gasteiger partial charge is 0.252 e. The molecule has 102 valence electrons. The summed E-state index contributed by atoms with van der Waals surface area (Å²) in [5.41, 5.74) is 3.03. The van der Waals surface area contributed by atoms with Crippen LogP contribution in [-0.2, 0) is 4.79 Å². The van der Waals surface area contributed by atoms with E-state index in [-0.39, 0.29) is 5.91 Å². The van der Waals surface area contributed by atoms with Gasteiger partial charge >= 0.3 is 0 Å². The predicted octanol–water partition coefficient (Wildman–Crippen LogP) is 3.88. The van der Waals surface area contributed by atoms with E-state index in [4.69, 9.17) is 0 Å². The third-order valence-electron chi connectivity index (χ3n) is 3.30. The van der Waals surface area contributed by atoms with E-state index in [9.17, 15) is 4.79 Å². The number of carbonyl (C=O) groups excluding carboxylic acids is 1. The molecule has 1 aromatic heterocycles. The Bertz CT molecular complexity index is 639. The third kappa shape index (κ3) is 3.17. The molecule has 0 radical (unpaired) electrons. The fourth-order valence-corrected chi connectivity index (χ4v) is 2.84. The first kappa shape index (κ1) is 13.1. The molecule has 0 saturated heterocycles. The van der Waals surface area contributed by atoms with Gasteiger partial charge in [-0.3, -0.25) is 4.79 Å². The first-order chi connectivity index (χ1) is 9.72. The van der Waals surface area contributed by atoms with E-state index < -0.39 is 0 Å². The lowest BCUT2D eigenvalue weighted by Crippen LogP contribution is -2.26. The number of benzene rings is 1. The second-order valence-corrected chi connectivity index (χ2v) is 6.14. The molecular weight excluding hydrogens is 266 g/mol. The van der Waals surface area contributed by atoms with E-state index in [0.29, 0.717) is 6.04 Å². The maximum atomic E-state index is 12.4. The number of aryl methyl sites for hydroxylation is 1. The topological polar surface area (TPSA) is 29.1 Å². The average Bonchev–Trinajstić information content (AvgIpc) is 3.06. The van der Waals surface area contributed by atoms with Gasteiger partial charge in [-0.15, -0.1) is 11.3 Å². The lowest BCUT2D eigenvalue weighted by atomic mass is 10.1. The van der Waals surface area contributed by atoms with Gasteiger partial charge < -0.3 is 5.32 Å². The lowest BCUT2D eigenvalue weighted by molar-refractivity contribution is -0.115. The molecular formula is C17H17NOS. The molecule has 0 atom stereocenters. The summed E-state index contributed by atoms with van der Waals surface area (Å²) in [5.74, 6) is 0.0384. The average molecular weight is 283 g/mol. The quantitative estimate of drug-likeness (QED) is 0.848. The van der Waals surface area contributed by atoms with Crippen LogP contribution in [0.3, 0.4) is 0 Å². The van der Waals surface area contributed by atoms with Gasteiger partial charge in [-0.25, -0.2) is 0 Å². The number of thiophene rings is 1. The highest BCUT2D eigenvalue weighted by Gasteiger charge is 2.25. The molecule has 1 aromatic carbocycles. The summed E-state index contributed by atoms with van der Waals surface area (Å²) in [6, 6.07) is 12.6. The Balaban J connectivity index is 1.93. The van der Waals surface area contributed by atoms with Gasteiger partial charge in [0.15, 0.2) is 0 Å². The Hall–Kier alpha value is -1.87. The number of hydrogen-bond donors (Lipinski definition) is 1. The van der Waals surface area contributed by atoms with Crippen LogP contribution in [0.5, 0.6) is 0 Å². The number of carbonyl (C=O) groups is 1. The molecule has 0 aliphatic heterocycles. The second kappa shape index (κ2) is 5.63. The number of hydrogen-bond acceptors (Lipinski definition) is 2. The van der Waals surface area contributed by atoms with Crippen molar-refractivity contribution in [1.82, 2.24) is 5.32 Å². The summed E-state index contributed by atoms with van der Waals surface area (Å²) >= 11 is 1.60. The highest BCUT2D eigenvalue weighted by molar-refractivity contribution is 7.11. The Kier molecular flexibility index (Phi) is 3.70. The van der Waals surface area contributed by atoms with Crippen molar-refractivity contribution in [1.29, 1.82) is 0 Å². The fourth-order valence-electron chi connectivity index (χ4n) is 2.10. The SMILES string of the molecule is Cc1cccc(C=C(C(=O)NC2CC2)c2cccs2)c1. The van der Waals surface area contributed by atoms with Crippen molar-refractivity contribution in [2.24, 2.45) is 0 Å². The molecule has 0 spiro atoms. The lowest BCUT2D eigenvalue weighted by Gasteiger charge is -2.07. The minimum atomic E-state index is 0.0384. The van der Waals surface area contributed by atoms with Crippen molar-refractivity contribution in [2.75, 3.05) is 0 Å². The van der Waals surface area contributed by atoms with Gasteiger partial charge in [-0.2, -0.15) is 0 Å². The maximum Gasteiger partial charge on any atom is 0.252 e. The van der Waals surface area contributed by atoms with Crippen LogP contribution in [-0.4, -0.2) is 11.9 Å². The molecule has 2 aromatic rings. The molecule has 1 aliphatic rings.